The van der Waals surface area contributed by atoms with E-state index < -0.39 is 12.2 Å². The second kappa shape index (κ2) is 9.99. The Balaban J connectivity index is 2.16. The number of nitrogens with zero attached hydrogens (tertiary/aromatic N) is 1. The summed E-state index contributed by atoms with van der Waals surface area (Å²) in [4.78, 5) is 12.5. The van der Waals surface area contributed by atoms with Crippen molar-refractivity contribution in [2.24, 2.45) is 5.92 Å². The molecule has 3 N–H and O–H groups in total. The molecule has 0 heterocycles. The Morgan fingerprint density at radius 2 is 1.72 bits per heavy atom. The second-order valence-electron chi connectivity index (χ2n) is 7.29. The first-order valence-corrected chi connectivity index (χ1v) is 9.40. The highest BCUT2D eigenvalue weighted by molar-refractivity contribution is 5.78. The van der Waals surface area contributed by atoms with E-state index in [1.165, 1.54) is 12.1 Å². The molecule has 2 aromatic rings. The van der Waals surface area contributed by atoms with E-state index in [1.54, 1.807) is 19.1 Å². The molecular formula is C22H26F2N3O2+. The lowest BCUT2D eigenvalue weighted by atomic mass is 9.90. The number of alkyl halides is 2. The van der Waals surface area contributed by atoms with Crippen LogP contribution in [0.3, 0.4) is 0 Å². The lowest BCUT2D eigenvalue weighted by Gasteiger charge is -2.27. The minimum absolute atomic E-state index is 0.0382. The van der Waals surface area contributed by atoms with Crippen LogP contribution in [0.15, 0.2) is 54.6 Å². The number of nitrogens with one attached hydrogen (secondary N) is 1. The van der Waals surface area contributed by atoms with E-state index in [4.69, 9.17) is 0 Å². The highest BCUT2D eigenvalue weighted by Crippen LogP contribution is 2.22. The van der Waals surface area contributed by atoms with Crippen LogP contribution in [0.1, 0.15) is 37.9 Å². The fraction of sp³-hybridized carbons (Fsp3) is 0.364. The van der Waals surface area contributed by atoms with Crippen molar-refractivity contribution in [1.29, 1.82) is 5.26 Å². The predicted octanol–water partition coefficient (Wildman–Crippen LogP) is 3.00. The number of nitrogens with two attached hydrogens (primary N) is 1. The smallest absolute Gasteiger partial charge is 0.387 e. The summed E-state index contributed by atoms with van der Waals surface area (Å²) in [7, 11) is 0. The Labute approximate surface area is 169 Å². The number of ether oxygens (including phenoxy) is 1. The Morgan fingerprint density at radius 1 is 1.14 bits per heavy atom. The first-order valence-electron chi connectivity index (χ1n) is 9.40. The van der Waals surface area contributed by atoms with E-state index >= 15 is 0 Å². The average molecular weight is 402 g/mol. The molecule has 0 aliphatic rings. The lowest BCUT2D eigenvalue weighted by molar-refractivity contribution is -0.676. The van der Waals surface area contributed by atoms with Gasteiger partial charge in [0, 0.05) is 11.1 Å². The maximum atomic E-state index is 12.5. The van der Waals surface area contributed by atoms with E-state index in [9.17, 15) is 18.8 Å². The number of rotatable bonds is 9. The molecule has 0 bridgehead atoms. The van der Waals surface area contributed by atoms with Gasteiger partial charge in [0.2, 0.25) is 0 Å². The summed E-state index contributed by atoms with van der Waals surface area (Å²) in [5, 5.41) is 14.0. The monoisotopic (exact) mass is 402 g/mol. The summed E-state index contributed by atoms with van der Waals surface area (Å²) in [5.74, 6) is -0.208. The van der Waals surface area contributed by atoms with Crippen LogP contribution < -0.4 is 15.4 Å². The zero-order chi connectivity index (χ0) is 21.4. The van der Waals surface area contributed by atoms with Crippen LogP contribution in [-0.4, -0.2) is 24.6 Å². The normalized spacial score (nSPS) is 14.1. The van der Waals surface area contributed by atoms with Crippen LogP contribution in [0.4, 0.5) is 8.78 Å². The van der Waals surface area contributed by atoms with Gasteiger partial charge in [-0.25, -0.2) is 0 Å². The van der Waals surface area contributed by atoms with Crippen LogP contribution >= 0.6 is 0 Å². The Kier molecular flexibility index (Phi) is 7.68. The van der Waals surface area contributed by atoms with E-state index in [1.807, 2.05) is 49.5 Å². The summed E-state index contributed by atoms with van der Waals surface area (Å²) >= 11 is 0. The number of hydrogen-bond acceptors (Lipinski definition) is 3. The van der Waals surface area contributed by atoms with Gasteiger partial charge in [0.25, 0.3) is 5.91 Å². The van der Waals surface area contributed by atoms with Crippen molar-refractivity contribution < 1.29 is 23.6 Å². The van der Waals surface area contributed by atoms with Gasteiger partial charge >= 0.3 is 6.61 Å². The number of amides is 1. The van der Waals surface area contributed by atoms with Gasteiger partial charge in [-0.15, -0.1) is 0 Å². The Hall–Kier alpha value is -2.98. The maximum Gasteiger partial charge on any atom is 0.387 e. The van der Waals surface area contributed by atoms with Gasteiger partial charge in [-0.2, -0.15) is 14.0 Å². The van der Waals surface area contributed by atoms with Crippen molar-refractivity contribution in [1.82, 2.24) is 5.32 Å². The third-order valence-corrected chi connectivity index (χ3v) is 4.95. The summed E-state index contributed by atoms with van der Waals surface area (Å²) in [6, 6.07) is 17.9. The van der Waals surface area contributed by atoms with Crippen molar-refractivity contribution in [2.75, 3.05) is 6.54 Å². The molecule has 2 rings (SSSR count). The molecule has 0 aliphatic carbocycles. The van der Waals surface area contributed by atoms with Crippen molar-refractivity contribution in [2.45, 2.75) is 39.0 Å². The summed E-state index contributed by atoms with van der Waals surface area (Å²) in [5.41, 5.74) is 0.869. The highest BCUT2D eigenvalue weighted by atomic mass is 19.3. The molecule has 0 fully saturated rings. The van der Waals surface area contributed by atoms with Gasteiger partial charge in [-0.1, -0.05) is 44.2 Å². The van der Waals surface area contributed by atoms with Crippen molar-refractivity contribution in [3.05, 3.63) is 65.7 Å². The average Bonchev–Trinajstić information content (AvgIpc) is 2.69. The third-order valence-electron chi connectivity index (χ3n) is 4.95. The number of hydrogen-bond donors (Lipinski definition) is 2. The van der Waals surface area contributed by atoms with Crippen molar-refractivity contribution in [3.63, 3.8) is 0 Å². The van der Waals surface area contributed by atoms with E-state index in [2.05, 4.69) is 16.1 Å². The van der Waals surface area contributed by atoms with Crippen LogP contribution in [0.2, 0.25) is 0 Å². The molecule has 0 aromatic heterocycles. The predicted molar refractivity (Wildman–Crippen MR) is 105 cm³/mol. The molecular weight excluding hydrogens is 376 g/mol. The molecule has 0 spiro atoms. The molecule has 0 saturated carbocycles. The van der Waals surface area contributed by atoms with Crippen LogP contribution in [0.5, 0.6) is 5.75 Å². The Morgan fingerprint density at radius 3 is 2.24 bits per heavy atom. The van der Waals surface area contributed by atoms with Gasteiger partial charge in [0.05, 0.1) is 6.07 Å². The van der Waals surface area contributed by atoms with Crippen LogP contribution in [0, 0.1) is 17.2 Å². The van der Waals surface area contributed by atoms with Gasteiger partial charge in [0.1, 0.15) is 17.3 Å². The summed E-state index contributed by atoms with van der Waals surface area (Å²) in [6.45, 7) is 2.69. The SMILES string of the molecule is CC(C)[C@@](C)(C#N)NC(=O)C[NH2+][C@H](c1ccccc1)c1ccc(OC(F)F)cc1. The second-order valence-corrected chi connectivity index (χ2v) is 7.29. The first kappa shape index (κ1) is 22.3. The molecule has 0 unspecified atom stereocenters. The minimum Gasteiger partial charge on any atom is -0.435 e. The number of carbonyl (C=O) groups is 1. The largest absolute Gasteiger partial charge is 0.435 e. The maximum absolute atomic E-state index is 12.5. The Bertz CT molecular complexity index is 835. The standard InChI is InChI=1S/C22H25F2N3O2/c1-15(2)22(3,14-25)27-19(28)13-26-20(16-7-5-4-6-8-16)17-9-11-18(12-10-17)29-21(23)24/h4-12,15,20-21,26H,13H2,1-3H3,(H,27,28)/p+1/t20-,22-/m1/s1. The van der Waals surface area contributed by atoms with Gasteiger partial charge in [0.15, 0.2) is 6.54 Å². The third kappa shape index (κ3) is 6.26. The number of halogens is 2. The quantitative estimate of drug-likeness (QED) is 0.677. The van der Waals surface area contributed by atoms with Crippen LogP contribution in [0.25, 0.3) is 0 Å². The molecule has 5 nitrogen and oxygen atoms in total. The lowest BCUT2D eigenvalue weighted by Crippen LogP contribution is -2.88. The van der Waals surface area contributed by atoms with Crippen molar-refractivity contribution in [3.8, 4) is 11.8 Å². The highest BCUT2D eigenvalue weighted by Gasteiger charge is 2.31. The molecule has 1 amide bonds. The zero-order valence-corrected chi connectivity index (χ0v) is 16.7. The summed E-state index contributed by atoms with van der Waals surface area (Å²) in [6.07, 6.45) is 0. The molecule has 154 valence electrons. The topological polar surface area (TPSA) is 78.7 Å². The molecule has 2 aromatic carbocycles. The van der Waals surface area contributed by atoms with Crippen LogP contribution in [-0.2, 0) is 4.79 Å². The van der Waals surface area contributed by atoms with Gasteiger partial charge in [-0.3, -0.25) is 4.79 Å². The number of carbonyl (C=O) groups excluding carboxylic acids is 1. The van der Waals surface area contributed by atoms with E-state index in [0.29, 0.717) is 0 Å². The molecule has 7 heteroatoms. The van der Waals surface area contributed by atoms with E-state index in [0.717, 1.165) is 11.1 Å². The molecule has 29 heavy (non-hydrogen) atoms. The number of quaternary nitrogens is 1. The molecule has 0 aliphatic heterocycles. The fourth-order valence-electron chi connectivity index (χ4n) is 2.85. The van der Waals surface area contributed by atoms with Gasteiger partial charge < -0.3 is 15.4 Å². The number of benzene rings is 2. The molecule has 0 radical (unpaired) electrons. The fourth-order valence-corrected chi connectivity index (χ4v) is 2.85. The first-order chi connectivity index (χ1) is 13.7. The van der Waals surface area contributed by atoms with Gasteiger partial charge in [-0.05, 0) is 37.1 Å². The molecule has 2 atom stereocenters. The zero-order valence-electron chi connectivity index (χ0n) is 16.7. The molecule has 0 saturated heterocycles. The number of nitriles is 1. The summed E-state index contributed by atoms with van der Waals surface area (Å²) < 4.78 is 29.2. The minimum atomic E-state index is -2.88. The van der Waals surface area contributed by atoms with E-state index in [-0.39, 0.29) is 30.2 Å². The van der Waals surface area contributed by atoms with Crippen molar-refractivity contribution >= 4 is 5.91 Å².